The van der Waals surface area contributed by atoms with Gasteiger partial charge in [-0.05, 0) is 82.8 Å². The Morgan fingerprint density at radius 3 is 2.03 bits per heavy atom. The quantitative estimate of drug-likeness (QED) is 0.237. The van der Waals surface area contributed by atoms with Gasteiger partial charge in [0.25, 0.3) is 0 Å². The minimum atomic E-state index is -0.408. The van der Waals surface area contributed by atoms with Gasteiger partial charge < -0.3 is 4.74 Å². The van der Waals surface area contributed by atoms with E-state index in [0.29, 0.717) is 0 Å². The molecule has 0 N–H and O–H groups in total. The van der Waals surface area contributed by atoms with Crippen molar-refractivity contribution in [3.8, 4) is 33.8 Å². The molecule has 0 amide bonds. The molecule has 1 heteroatoms. The molecule has 1 nitrogen and oxygen atoms in total. The molecule has 1 heterocycles. The average Bonchev–Trinajstić information content (AvgIpc) is 3.50. The molecule has 3 aliphatic rings. The van der Waals surface area contributed by atoms with E-state index >= 15 is 0 Å². The van der Waals surface area contributed by atoms with E-state index in [1.54, 1.807) is 0 Å². The average molecular weight is 463 g/mol. The van der Waals surface area contributed by atoms with Gasteiger partial charge in [-0.2, -0.15) is 0 Å². The summed E-state index contributed by atoms with van der Waals surface area (Å²) < 4.78 is 6.85. The summed E-state index contributed by atoms with van der Waals surface area (Å²) in [5, 5.41) is 0. The van der Waals surface area contributed by atoms with Crippen molar-refractivity contribution in [1.82, 2.24) is 0 Å². The number of rotatable bonds is 1. The lowest BCUT2D eigenvalue weighted by Gasteiger charge is -2.40. The first kappa shape index (κ1) is 20.1. The van der Waals surface area contributed by atoms with Crippen LogP contribution in [0.2, 0.25) is 0 Å². The molecule has 0 bridgehead atoms. The first-order valence-electron chi connectivity index (χ1n) is 13.0. The van der Waals surface area contributed by atoms with Crippen LogP contribution in [0, 0.1) is 6.92 Å². The first-order valence-corrected chi connectivity index (χ1v) is 13.0. The van der Waals surface area contributed by atoms with Gasteiger partial charge >= 0.3 is 0 Å². The van der Waals surface area contributed by atoms with E-state index in [4.69, 9.17) is 4.74 Å². The van der Waals surface area contributed by atoms with Crippen LogP contribution in [0.15, 0.2) is 103 Å². The molecular weight excluding hydrogens is 436 g/mol. The standard InChI is InChI=1S/C35H26O/c1-22-19-28(25-18-17-23-9-8-10-24(23)21-25)34-32(20-22)35(31-15-6-7-16-33(31)36-34)29-13-4-2-11-26(29)27-12-3-5-14-30(27)35/h2-7,11-21H,8-10H2,1H3. The minimum absolute atomic E-state index is 0.408. The van der Waals surface area contributed by atoms with Gasteiger partial charge in [-0.1, -0.05) is 91.0 Å². The highest BCUT2D eigenvalue weighted by molar-refractivity contribution is 5.90. The van der Waals surface area contributed by atoms with Crippen LogP contribution in [-0.4, -0.2) is 0 Å². The Morgan fingerprint density at radius 1 is 0.583 bits per heavy atom. The van der Waals surface area contributed by atoms with Crippen LogP contribution < -0.4 is 4.74 Å². The summed E-state index contributed by atoms with van der Waals surface area (Å²) in [5.41, 5.74) is 14.1. The SMILES string of the molecule is Cc1cc(-c2ccc3c(c2)CCC3)c2c(c1)C1(c3ccccc3O2)c2ccccc2-c2ccccc21. The fourth-order valence-corrected chi connectivity index (χ4v) is 7.05. The number of ether oxygens (including phenoxy) is 1. The van der Waals surface area contributed by atoms with Crippen LogP contribution in [-0.2, 0) is 18.3 Å². The zero-order valence-corrected chi connectivity index (χ0v) is 20.3. The molecule has 0 aromatic heterocycles. The molecule has 1 aliphatic heterocycles. The Hall–Kier alpha value is -4.10. The van der Waals surface area contributed by atoms with E-state index in [1.807, 2.05) is 0 Å². The molecule has 0 atom stereocenters. The van der Waals surface area contributed by atoms with Gasteiger partial charge in [0, 0.05) is 16.7 Å². The van der Waals surface area contributed by atoms with E-state index in [1.165, 1.54) is 80.5 Å². The number of fused-ring (bicyclic) bond motifs is 10. The molecule has 5 aromatic rings. The van der Waals surface area contributed by atoms with Crippen LogP contribution >= 0.6 is 0 Å². The molecule has 1 spiro atoms. The van der Waals surface area contributed by atoms with Crippen molar-refractivity contribution >= 4 is 0 Å². The molecule has 172 valence electrons. The van der Waals surface area contributed by atoms with Gasteiger partial charge in [-0.3, -0.25) is 0 Å². The zero-order valence-electron chi connectivity index (χ0n) is 20.3. The third kappa shape index (κ3) is 2.50. The number of hydrogen-bond donors (Lipinski definition) is 0. The van der Waals surface area contributed by atoms with Crippen molar-refractivity contribution < 1.29 is 4.74 Å². The van der Waals surface area contributed by atoms with Gasteiger partial charge in [0.15, 0.2) is 0 Å². The maximum absolute atomic E-state index is 6.85. The van der Waals surface area contributed by atoms with Crippen molar-refractivity contribution in [3.05, 3.63) is 142 Å². The first-order chi connectivity index (χ1) is 17.7. The Kier molecular flexibility index (Phi) is 4.03. The van der Waals surface area contributed by atoms with Gasteiger partial charge in [0.1, 0.15) is 11.5 Å². The fourth-order valence-electron chi connectivity index (χ4n) is 7.05. The van der Waals surface area contributed by atoms with Crippen LogP contribution in [0.3, 0.4) is 0 Å². The summed E-state index contributed by atoms with van der Waals surface area (Å²) in [6, 6.07) is 38.2. The Bertz CT molecular complexity index is 1660. The lowest BCUT2D eigenvalue weighted by molar-refractivity contribution is 0.438. The molecule has 5 aromatic carbocycles. The smallest absolute Gasteiger partial charge is 0.140 e. The van der Waals surface area contributed by atoms with Gasteiger partial charge in [0.2, 0.25) is 0 Å². The number of para-hydroxylation sites is 1. The lowest BCUT2D eigenvalue weighted by atomic mass is 9.65. The van der Waals surface area contributed by atoms with E-state index in [0.717, 1.165) is 11.5 Å². The zero-order chi connectivity index (χ0) is 23.9. The Balaban J connectivity index is 1.51. The van der Waals surface area contributed by atoms with Crippen molar-refractivity contribution in [2.24, 2.45) is 0 Å². The third-order valence-corrected chi connectivity index (χ3v) is 8.50. The fraction of sp³-hybridized carbons (Fsp3) is 0.143. The molecule has 0 fully saturated rings. The van der Waals surface area contributed by atoms with E-state index in [-0.39, 0.29) is 0 Å². The van der Waals surface area contributed by atoms with Crippen molar-refractivity contribution in [3.63, 3.8) is 0 Å². The molecule has 2 aliphatic carbocycles. The summed E-state index contributed by atoms with van der Waals surface area (Å²) in [6.45, 7) is 2.22. The maximum atomic E-state index is 6.85. The molecule has 0 radical (unpaired) electrons. The maximum Gasteiger partial charge on any atom is 0.140 e. The van der Waals surface area contributed by atoms with Crippen LogP contribution in [0.25, 0.3) is 22.3 Å². The van der Waals surface area contributed by atoms with Crippen LogP contribution in [0.5, 0.6) is 11.5 Å². The monoisotopic (exact) mass is 462 g/mol. The highest BCUT2D eigenvalue weighted by Gasteiger charge is 2.51. The van der Waals surface area contributed by atoms with E-state index in [2.05, 4.69) is 110 Å². The molecule has 8 rings (SSSR count). The summed E-state index contributed by atoms with van der Waals surface area (Å²) in [6.07, 6.45) is 3.62. The number of hydrogen-bond acceptors (Lipinski definition) is 1. The largest absolute Gasteiger partial charge is 0.456 e. The van der Waals surface area contributed by atoms with Crippen LogP contribution in [0.1, 0.15) is 45.4 Å². The lowest BCUT2D eigenvalue weighted by Crippen LogP contribution is -2.32. The summed E-state index contributed by atoms with van der Waals surface area (Å²) in [5.74, 6) is 1.94. The van der Waals surface area contributed by atoms with Crippen LogP contribution in [0.4, 0.5) is 0 Å². The number of benzene rings is 5. The summed E-state index contributed by atoms with van der Waals surface area (Å²) >= 11 is 0. The third-order valence-electron chi connectivity index (χ3n) is 8.50. The number of aryl methyl sites for hydroxylation is 3. The van der Waals surface area contributed by atoms with Crippen molar-refractivity contribution in [2.45, 2.75) is 31.6 Å². The predicted octanol–water partition coefficient (Wildman–Crippen LogP) is 8.62. The van der Waals surface area contributed by atoms with Gasteiger partial charge in [-0.15, -0.1) is 0 Å². The molecule has 0 saturated carbocycles. The van der Waals surface area contributed by atoms with Crippen molar-refractivity contribution in [2.75, 3.05) is 0 Å². The Labute approximate surface area is 212 Å². The highest BCUT2D eigenvalue weighted by Crippen LogP contribution is 2.63. The van der Waals surface area contributed by atoms with Gasteiger partial charge in [-0.25, -0.2) is 0 Å². The van der Waals surface area contributed by atoms with Gasteiger partial charge in [0.05, 0.1) is 5.41 Å². The summed E-state index contributed by atoms with van der Waals surface area (Å²) in [4.78, 5) is 0. The molecular formula is C35H26O. The summed E-state index contributed by atoms with van der Waals surface area (Å²) in [7, 11) is 0. The molecule has 0 saturated heterocycles. The molecule has 36 heavy (non-hydrogen) atoms. The second-order valence-electron chi connectivity index (χ2n) is 10.5. The van der Waals surface area contributed by atoms with E-state index < -0.39 is 5.41 Å². The molecule has 0 unspecified atom stereocenters. The second-order valence-corrected chi connectivity index (χ2v) is 10.5. The predicted molar refractivity (Wildman–Crippen MR) is 146 cm³/mol. The topological polar surface area (TPSA) is 9.23 Å². The second kappa shape index (κ2) is 7.21. The minimum Gasteiger partial charge on any atom is -0.456 e. The van der Waals surface area contributed by atoms with Crippen molar-refractivity contribution in [1.29, 1.82) is 0 Å². The highest BCUT2D eigenvalue weighted by atomic mass is 16.5. The Morgan fingerprint density at radius 2 is 1.25 bits per heavy atom. The normalized spacial score (nSPS) is 15.5. The van der Waals surface area contributed by atoms with E-state index in [9.17, 15) is 0 Å².